The summed E-state index contributed by atoms with van der Waals surface area (Å²) in [5.41, 5.74) is 8.04. The Kier molecular flexibility index (Phi) is 5.85. The van der Waals surface area contributed by atoms with Crippen molar-refractivity contribution in [3.05, 3.63) is 75.4 Å². The van der Waals surface area contributed by atoms with Crippen molar-refractivity contribution >= 4 is 5.69 Å². The Labute approximate surface area is 161 Å². The Morgan fingerprint density at radius 1 is 1.21 bits per heavy atom. The molecule has 1 atom stereocenters. The monoisotopic (exact) mass is 383 g/mol. The summed E-state index contributed by atoms with van der Waals surface area (Å²) < 4.78 is 10.9. The van der Waals surface area contributed by atoms with E-state index in [1.54, 1.807) is 25.3 Å². The molecule has 3 rings (SSSR count). The standard InChI is InChI=1S/C19H21N5O4/c1-3-28-16-11-13(6-9-15(16)27-2)18(20)19-21-17(22-23-19)10-12-4-7-14(8-5-12)24(25)26/h4-9,11,18H,3,10,20H2,1-2H3,(H,21,22,23)/t18-/m0/s1. The average Bonchev–Trinajstić information content (AvgIpc) is 3.16. The third-order valence-electron chi connectivity index (χ3n) is 4.19. The van der Waals surface area contributed by atoms with Crippen molar-refractivity contribution in [3.8, 4) is 11.5 Å². The third kappa shape index (κ3) is 4.26. The molecule has 1 heterocycles. The van der Waals surface area contributed by atoms with Crippen LogP contribution in [0.1, 0.15) is 35.7 Å². The first-order chi connectivity index (χ1) is 13.5. The van der Waals surface area contributed by atoms with Gasteiger partial charge in [0, 0.05) is 18.6 Å². The van der Waals surface area contributed by atoms with Gasteiger partial charge in [-0.25, -0.2) is 4.98 Å². The molecule has 0 bridgehead atoms. The van der Waals surface area contributed by atoms with Crippen LogP contribution < -0.4 is 15.2 Å². The lowest BCUT2D eigenvalue weighted by Gasteiger charge is -2.13. The van der Waals surface area contributed by atoms with Gasteiger partial charge < -0.3 is 15.2 Å². The van der Waals surface area contributed by atoms with Crippen LogP contribution >= 0.6 is 0 Å². The van der Waals surface area contributed by atoms with Gasteiger partial charge in [0.25, 0.3) is 5.69 Å². The van der Waals surface area contributed by atoms with Gasteiger partial charge in [0.15, 0.2) is 17.3 Å². The van der Waals surface area contributed by atoms with E-state index in [9.17, 15) is 10.1 Å². The number of nitrogens with one attached hydrogen (secondary N) is 1. The molecule has 0 aliphatic carbocycles. The number of hydrogen-bond donors (Lipinski definition) is 2. The number of nitrogens with two attached hydrogens (primary N) is 1. The van der Waals surface area contributed by atoms with E-state index in [-0.39, 0.29) is 5.69 Å². The number of benzene rings is 2. The van der Waals surface area contributed by atoms with E-state index in [0.717, 1.165) is 11.1 Å². The van der Waals surface area contributed by atoms with E-state index in [4.69, 9.17) is 15.2 Å². The summed E-state index contributed by atoms with van der Waals surface area (Å²) in [6, 6.07) is 11.2. The zero-order valence-corrected chi connectivity index (χ0v) is 15.6. The van der Waals surface area contributed by atoms with Crippen molar-refractivity contribution < 1.29 is 14.4 Å². The van der Waals surface area contributed by atoms with Gasteiger partial charge >= 0.3 is 0 Å². The molecule has 3 N–H and O–H groups in total. The lowest BCUT2D eigenvalue weighted by molar-refractivity contribution is -0.384. The minimum atomic E-state index is -0.535. The first-order valence-corrected chi connectivity index (χ1v) is 8.72. The number of methoxy groups -OCH3 is 1. The highest BCUT2D eigenvalue weighted by Crippen LogP contribution is 2.31. The minimum absolute atomic E-state index is 0.0497. The van der Waals surface area contributed by atoms with Crippen LogP contribution in [0.25, 0.3) is 0 Å². The van der Waals surface area contributed by atoms with Gasteiger partial charge in [0.2, 0.25) is 0 Å². The fraction of sp³-hybridized carbons (Fsp3) is 0.263. The van der Waals surface area contributed by atoms with Crippen LogP contribution in [0.2, 0.25) is 0 Å². The molecule has 0 saturated heterocycles. The van der Waals surface area contributed by atoms with Gasteiger partial charge in [-0.2, -0.15) is 5.10 Å². The normalized spacial score (nSPS) is 11.8. The van der Waals surface area contributed by atoms with Crippen LogP contribution in [0.5, 0.6) is 11.5 Å². The number of nitro benzene ring substituents is 1. The molecule has 0 aliphatic rings. The van der Waals surface area contributed by atoms with Crippen LogP contribution in [0.15, 0.2) is 42.5 Å². The topological polar surface area (TPSA) is 129 Å². The van der Waals surface area contributed by atoms with Crippen LogP contribution in [-0.4, -0.2) is 33.8 Å². The molecule has 0 unspecified atom stereocenters. The summed E-state index contributed by atoms with van der Waals surface area (Å²) in [5.74, 6) is 2.31. The highest BCUT2D eigenvalue weighted by molar-refractivity contribution is 5.44. The van der Waals surface area contributed by atoms with Crippen molar-refractivity contribution in [3.63, 3.8) is 0 Å². The first kappa shape index (κ1) is 19.3. The largest absolute Gasteiger partial charge is 0.493 e. The van der Waals surface area contributed by atoms with E-state index in [1.165, 1.54) is 12.1 Å². The molecule has 146 valence electrons. The fourth-order valence-electron chi connectivity index (χ4n) is 2.76. The summed E-state index contributed by atoms with van der Waals surface area (Å²) in [4.78, 5) is 14.8. The van der Waals surface area contributed by atoms with E-state index in [2.05, 4.69) is 15.2 Å². The Bertz CT molecular complexity index is 955. The molecule has 3 aromatic rings. The van der Waals surface area contributed by atoms with E-state index >= 15 is 0 Å². The highest BCUT2D eigenvalue weighted by Gasteiger charge is 2.17. The van der Waals surface area contributed by atoms with E-state index in [1.807, 2.05) is 19.1 Å². The summed E-state index contributed by atoms with van der Waals surface area (Å²) in [5, 5.41) is 17.8. The zero-order valence-electron chi connectivity index (χ0n) is 15.6. The van der Waals surface area contributed by atoms with Crippen molar-refractivity contribution in [1.29, 1.82) is 0 Å². The summed E-state index contributed by atoms with van der Waals surface area (Å²) in [7, 11) is 1.58. The third-order valence-corrected chi connectivity index (χ3v) is 4.19. The lowest BCUT2D eigenvalue weighted by Crippen LogP contribution is -2.14. The maximum Gasteiger partial charge on any atom is 0.269 e. The first-order valence-electron chi connectivity index (χ1n) is 8.72. The second-order valence-corrected chi connectivity index (χ2v) is 6.06. The molecule has 28 heavy (non-hydrogen) atoms. The molecular formula is C19H21N5O4. The van der Waals surface area contributed by atoms with E-state index < -0.39 is 11.0 Å². The number of H-pyrrole nitrogens is 1. The number of hydrogen-bond acceptors (Lipinski definition) is 7. The predicted octanol–water partition coefficient (Wildman–Crippen LogP) is 2.76. The number of rotatable bonds is 8. The van der Waals surface area contributed by atoms with Gasteiger partial charge in [-0.3, -0.25) is 15.2 Å². The van der Waals surface area contributed by atoms with Gasteiger partial charge in [0.1, 0.15) is 5.82 Å². The molecule has 0 aliphatic heterocycles. The predicted molar refractivity (Wildman–Crippen MR) is 102 cm³/mol. The Hall–Kier alpha value is -3.46. The average molecular weight is 383 g/mol. The molecule has 0 saturated carbocycles. The smallest absolute Gasteiger partial charge is 0.269 e. The molecule has 0 amide bonds. The number of ether oxygens (including phenoxy) is 2. The lowest BCUT2D eigenvalue weighted by atomic mass is 10.1. The quantitative estimate of drug-likeness (QED) is 0.452. The molecule has 2 aromatic carbocycles. The second-order valence-electron chi connectivity index (χ2n) is 6.06. The zero-order chi connectivity index (χ0) is 20.1. The van der Waals surface area contributed by atoms with Crippen LogP contribution in [0, 0.1) is 10.1 Å². The number of aromatic amines is 1. The molecule has 9 heteroatoms. The Morgan fingerprint density at radius 2 is 1.96 bits per heavy atom. The SMILES string of the molecule is CCOc1cc([C@H](N)c2n[nH]c(Cc3ccc([N+](=O)[O-])cc3)n2)ccc1OC. The molecule has 1 aromatic heterocycles. The van der Waals surface area contributed by atoms with E-state index in [0.29, 0.717) is 36.2 Å². The number of non-ortho nitro benzene ring substituents is 1. The van der Waals surface area contributed by atoms with Crippen LogP contribution in [-0.2, 0) is 6.42 Å². The maximum atomic E-state index is 10.7. The van der Waals surface area contributed by atoms with Crippen molar-refractivity contribution in [2.75, 3.05) is 13.7 Å². The number of nitro groups is 1. The summed E-state index contributed by atoms with van der Waals surface area (Å²) in [6.07, 6.45) is 0.463. The van der Waals surface area contributed by atoms with Crippen molar-refractivity contribution in [1.82, 2.24) is 15.2 Å². The molecule has 0 fully saturated rings. The molecule has 0 radical (unpaired) electrons. The van der Waals surface area contributed by atoms with Gasteiger partial charge in [-0.05, 0) is 30.2 Å². The fourth-order valence-corrected chi connectivity index (χ4v) is 2.76. The minimum Gasteiger partial charge on any atom is -0.493 e. The maximum absolute atomic E-state index is 10.7. The Balaban J connectivity index is 1.75. The van der Waals surface area contributed by atoms with Gasteiger partial charge in [0.05, 0.1) is 24.7 Å². The summed E-state index contributed by atoms with van der Waals surface area (Å²) >= 11 is 0. The Morgan fingerprint density at radius 3 is 2.61 bits per heavy atom. The van der Waals surface area contributed by atoms with Gasteiger partial charge in [-0.15, -0.1) is 0 Å². The molecule has 9 nitrogen and oxygen atoms in total. The molecular weight excluding hydrogens is 362 g/mol. The van der Waals surface area contributed by atoms with Crippen molar-refractivity contribution in [2.45, 2.75) is 19.4 Å². The summed E-state index contributed by atoms with van der Waals surface area (Å²) in [6.45, 7) is 2.40. The van der Waals surface area contributed by atoms with Crippen molar-refractivity contribution in [2.24, 2.45) is 5.73 Å². The number of aromatic nitrogens is 3. The van der Waals surface area contributed by atoms with Crippen LogP contribution in [0.4, 0.5) is 5.69 Å². The second kappa shape index (κ2) is 8.49. The van der Waals surface area contributed by atoms with Gasteiger partial charge in [-0.1, -0.05) is 18.2 Å². The molecule has 0 spiro atoms. The number of nitrogens with zero attached hydrogens (tertiary/aromatic N) is 3. The highest BCUT2D eigenvalue weighted by atomic mass is 16.6. The van der Waals surface area contributed by atoms with Crippen LogP contribution in [0.3, 0.4) is 0 Å².